The molecule has 1 amide bonds. The molecule has 3 atom stereocenters. The Bertz CT molecular complexity index is 1440. The molecular weight excluding hydrogens is 557 g/mol. The molecular formula is C30H30ClF3N4OS. The number of hydrogen-bond acceptors (Lipinski definition) is 4. The van der Waals surface area contributed by atoms with Crippen LogP contribution in [0.3, 0.4) is 0 Å². The maximum atomic E-state index is 13.6. The topological polar surface area (TPSA) is 70.7 Å². The molecule has 40 heavy (non-hydrogen) atoms. The lowest BCUT2D eigenvalue weighted by molar-refractivity contribution is 0.102. The van der Waals surface area contributed by atoms with Gasteiger partial charge in [-0.2, -0.15) is 0 Å². The highest BCUT2D eigenvalue weighted by Gasteiger charge is 2.24. The number of pyridine rings is 1. The number of H-pyrrole nitrogens is 1. The molecule has 5 nitrogen and oxygen atoms in total. The van der Waals surface area contributed by atoms with Gasteiger partial charge in [-0.05, 0) is 49.1 Å². The van der Waals surface area contributed by atoms with E-state index in [4.69, 9.17) is 11.6 Å². The quantitative estimate of drug-likeness (QED) is 0.136. The SMILES string of the molecule is CCCC(CC(C)c1ncc(-c2ccccn2)[nH]1)C(C)Sc1cc(C(=O)Nc2cc(F)c(F)c(F)c2)ccc1Cl. The molecule has 2 heterocycles. The number of rotatable bonds is 11. The number of benzene rings is 2. The summed E-state index contributed by atoms with van der Waals surface area (Å²) in [4.78, 5) is 25.9. The third-order valence-electron chi connectivity index (χ3n) is 6.73. The van der Waals surface area contributed by atoms with Crippen LogP contribution in [0.25, 0.3) is 11.4 Å². The van der Waals surface area contributed by atoms with E-state index in [0.29, 0.717) is 10.9 Å². The van der Waals surface area contributed by atoms with E-state index < -0.39 is 23.4 Å². The van der Waals surface area contributed by atoms with Gasteiger partial charge in [-0.15, -0.1) is 11.8 Å². The summed E-state index contributed by atoms with van der Waals surface area (Å²) in [5.41, 5.74) is 1.81. The van der Waals surface area contributed by atoms with Crippen LogP contribution in [0.5, 0.6) is 0 Å². The maximum Gasteiger partial charge on any atom is 0.255 e. The summed E-state index contributed by atoms with van der Waals surface area (Å²) in [6.45, 7) is 6.45. The first kappa shape index (κ1) is 29.7. The van der Waals surface area contributed by atoms with Crippen molar-refractivity contribution in [2.75, 3.05) is 5.32 Å². The van der Waals surface area contributed by atoms with Gasteiger partial charge in [0, 0.05) is 45.6 Å². The molecule has 0 aliphatic heterocycles. The van der Waals surface area contributed by atoms with Gasteiger partial charge < -0.3 is 10.3 Å². The zero-order valence-electron chi connectivity index (χ0n) is 22.3. The second-order valence-electron chi connectivity index (χ2n) is 9.76. The monoisotopic (exact) mass is 586 g/mol. The van der Waals surface area contributed by atoms with Crippen molar-refractivity contribution < 1.29 is 18.0 Å². The van der Waals surface area contributed by atoms with Gasteiger partial charge in [0.05, 0.1) is 22.6 Å². The fraction of sp³-hybridized carbons (Fsp3) is 0.300. The van der Waals surface area contributed by atoms with E-state index in [-0.39, 0.29) is 22.4 Å². The number of halogens is 4. The van der Waals surface area contributed by atoms with E-state index in [1.807, 2.05) is 24.4 Å². The minimum absolute atomic E-state index is 0.170. The standard InChI is InChI=1S/C30H30ClF3N4OS/c1-4-7-19(12-17(2)29-36-16-26(38-29)25-8-5-6-11-35-25)18(3)40-27-13-20(9-10-22(27)31)30(39)37-21-14-23(32)28(34)24(33)15-21/h5-6,8-11,13-19H,4,7,12H2,1-3H3,(H,36,38)(H,37,39). The van der Waals surface area contributed by atoms with Gasteiger partial charge in [-0.25, -0.2) is 18.2 Å². The fourth-order valence-electron chi connectivity index (χ4n) is 4.58. The van der Waals surface area contributed by atoms with Crippen LogP contribution < -0.4 is 5.32 Å². The fourth-order valence-corrected chi connectivity index (χ4v) is 6.05. The Morgan fingerprint density at radius 1 is 1.07 bits per heavy atom. The highest BCUT2D eigenvalue weighted by molar-refractivity contribution is 8.00. The molecule has 0 radical (unpaired) electrons. The predicted molar refractivity (Wildman–Crippen MR) is 154 cm³/mol. The number of anilines is 1. The lowest BCUT2D eigenvalue weighted by atomic mass is 9.89. The van der Waals surface area contributed by atoms with Gasteiger partial charge in [0.15, 0.2) is 17.5 Å². The average Bonchev–Trinajstić information content (AvgIpc) is 3.44. The molecule has 0 bridgehead atoms. The molecule has 4 aromatic rings. The van der Waals surface area contributed by atoms with Gasteiger partial charge in [0.25, 0.3) is 5.91 Å². The van der Waals surface area contributed by atoms with E-state index in [1.165, 1.54) is 6.07 Å². The van der Waals surface area contributed by atoms with Gasteiger partial charge in [-0.1, -0.05) is 44.9 Å². The highest BCUT2D eigenvalue weighted by Crippen LogP contribution is 2.39. The van der Waals surface area contributed by atoms with Crippen LogP contribution in [0.2, 0.25) is 5.02 Å². The smallest absolute Gasteiger partial charge is 0.255 e. The Morgan fingerprint density at radius 2 is 1.82 bits per heavy atom. The summed E-state index contributed by atoms with van der Waals surface area (Å²) in [6.07, 6.45) is 6.48. The molecule has 2 aromatic carbocycles. The summed E-state index contributed by atoms with van der Waals surface area (Å²) < 4.78 is 40.4. The second kappa shape index (κ2) is 13.4. The van der Waals surface area contributed by atoms with E-state index >= 15 is 0 Å². The first-order valence-corrected chi connectivity index (χ1v) is 14.3. The lowest BCUT2D eigenvalue weighted by Crippen LogP contribution is -2.17. The van der Waals surface area contributed by atoms with Crippen molar-refractivity contribution >= 4 is 35.0 Å². The van der Waals surface area contributed by atoms with Crippen molar-refractivity contribution in [2.24, 2.45) is 5.92 Å². The van der Waals surface area contributed by atoms with Gasteiger partial charge in [0.1, 0.15) is 5.82 Å². The van der Waals surface area contributed by atoms with Crippen molar-refractivity contribution in [3.8, 4) is 11.4 Å². The first-order chi connectivity index (χ1) is 19.2. The van der Waals surface area contributed by atoms with Crippen LogP contribution in [-0.2, 0) is 0 Å². The van der Waals surface area contributed by atoms with Crippen molar-refractivity contribution in [3.63, 3.8) is 0 Å². The van der Waals surface area contributed by atoms with Crippen LogP contribution in [0, 0.1) is 23.4 Å². The Labute approximate surface area is 241 Å². The number of hydrogen-bond donors (Lipinski definition) is 2. The minimum atomic E-state index is -1.59. The predicted octanol–water partition coefficient (Wildman–Crippen LogP) is 8.89. The van der Waals surface area contributed by atoms with Crippen molar-refractivity contribution in [2.45, 2.75) is 56.1 Å². The zero-order valence-corrected chi connectivity index (χ0v) is 23.9. The molecule has 3 unspecified atom stereocenters. The van der Waals surface area contributed by atoms with Gasteiger partial charge in [0.2, 0.25) is 0 Å². The number of aromatic nitrogens is 3. The summed E-state index contributed by atoms with van der Waals surface area (Å²) in [6, 6.07) is 12.0. The van der Waals surface area contributed by atoms with Crippen molar-refractivity contribution in [1.82, 2.24) is 15.0 Å². The molecule has 2 N–H and O–H groups in total. The number of carbonyl (C=O) groups excluding carboxylic acids is 1. The zero-order chi connectivity index (χ0) is 28.8. The number of nitrogens with one attached hydrogen (secondary N) is 2. The summed E-state index contributed by atoms with van der Waals surface area (Å²) >= 11 is 8.07. The number of aromatic amines is 1. The van der Waals surface area contributed by atoms with Crippen LogP contribution in [0.4, 0.5) is 18.9 Å². The number of amides is 1. The summed E-state index contributed by atoms with van der Waals surface area (Å²) in [5, 5.41) is 3.09. The van der Waals surface area contributed by atoms with E-state index in [2.05, 4.69) is 41.0 Å². The van der Waals surface area contributed by atoms with Gasteiger partial charge >= 0.3 is 0 Å². The third kappa shape index (κ3) is 7.26. The molecule has 0 aliphatic carbocycles. The summed E-state index contributed by atoms with van der Waals surface area (Å²) in [5.74, 6) is -3.51. The molecule has 2 aromatic heterocycles. The Hall–Kier alpha value is -3.30. The number of nitrogens with zero attached hydrogens (tertiary/aromatic N) is 2. The van der Waals surface area contributed by atoms with E-state index in [1.54, 1.807) is 30.1 Å². The normalized spacial score (nSPS) is 13.6. The molecule has 10 heteroatoms. The number of carbonyl (C=O) groups is 1. The van der Waals surface area contributed by atoms with Crippen molar-refractivity contribution in [3.05, 3.63) is 94.8 Å². The largest absolute Gasteiger partial charge is 0.341 e. The van der Waals surface area contributed by atoms with Crippen LogP contribution in [0.1, 0.15) is 62.1 Å². The lowest BCUT2D eigenvalue weighted by Gasteiger charge is -2.26. The van der Waals surface area contributed by atoms with Crippen LogP contribution in [0.15, 0.2) is 65.8 Å². The average molecular weight is 587 g/mol. The molecule has 0 saturated carbocycles. The second-order valence-corrected chi connectivity index (χ2v) is 11.6. The van der Waals surface area contributed by atoms with Gasteiger partial charge in [-0.3, -0.25) is 9.78 Å². The molecule has 0 aliphatic rings. The molecule has 0 spiro atoms. The van der Waals surface area contributed by atoms with E-state index in [0.717, 1.165) is 53.5 Å². The molecule has 210 valence electrons. The first-order valence-electron chi connectivity index (χ1n) is 13.0. The van der Waals surface area contributed by atoms with E-state index in [9.17, 15) is 18.0 Å². The maximum absolute atomic E-state index is 13.6. The molecule has 4 rings (SSSR count). The minimum Gasteiger partial charge on any atom is -0.341 e. The summed E-state index contributed by atoms with van der Waals surface area (Å²) in [7, 11) is 0. The molecule has 0 saturated heterocycles. The highest BCUT2D eigenvalue weighted by atomic mass is 35.5. The van der Waals surface area contributed by atoms with Crippen LogP contribution in [-0.4, -0.2) is 26.1 Å². The molecule has 0 fully saturated rings. The third-order valence-corrected chi connectivity index (χ3v) is 8.52. The number of thioether (sulfide) groups is 1. The Morgan fingerprint density at radius 3 is 2.50 bits per heavy atom. The van der Waals surface area contributed by atoms with Crippen molar-refractivity contribution in [1.29, 1.82) is 0 Å². The Balaban J connectivity index is 1.45. The Kier molecular flexibility index (Phi) is 9.92. The number of imidazole rings is 1. The van der Waals surface area contributed by atoms with Crippen LogP contribution >= 0.6 is 23.4 Å².